The third-order valence-corrected chi connectivity index (χ3v) is 8.25. The van der Waals surface area contributed by atoms with Crippen LogP contribution in [-0.2, 0) is 26.7 Å². The van der Waals surface area contributed by atoms with Crippen molar-refractivity contribution in [3.63, 3.8) is 0 Å². The predicted molar refractivity (Wildman–Crippen MR) is 142 cm³/mol. The van der Waals surface area contributed by atoms with Gasteiger partial charge in [0, 0.05) is 18.6 Å². The standard InChI is InChI=1S/C26H26N2O8S2/c1-17-5-9-20(10-6-17)38(33,34)27-26(29)25-21-15-18(35-2)7-11-23(21)28(13-4-14-37(30,31)32)24-12-8-19(36-3)16-22(24)25/h5-12,15-16H,4,13-14H2,1-3H3,(H-,27,29,30,31,32)/p+1. The molecule has 1 amide bonds. The summed E-state index contributed by atoms with van der Waals surface area (Å²) in [5, 5.41) is 0.766. The molecule has 0 aliphatic carbocycles. The second kappa shape index (κ2) is 10.6. The molecule has 12 heteroatoms. The highest BCUT2D eigenvalue weighted by atomic mass is 32.2. The lowest BCUT2D eigenvalue weighted by Gasteiger charge is -2.14. The van der Waals surface area contributed by atoms with E-state index in [1.54, 1.807) is 53.1 Å². The minimum absolute atomic E-state index is 0.0589. The number of ether oxygens (including phenoxy) is 2. The Labute approximate surface area is 220 Å². The zero-order valence-electron chi connectivity index (χ0n) is 21.0. The normalized spacial score (nSPS) is 12.0. The van der Waals surface area contributed by atoms with Crippen LogP contribution in [0.15, 0.2) is 65.6 Å². The molecule has 10 nitrogen and oxygen atoms in total. The van der Waals surface area contributed by atoms with Gasteiger partial charge in [-0.1, -0.05) is 17.7 Å². The van der Waals surface area contributed by atoms with E-state index in [2.05, 4.69) is 4.72 Å². The van der Waals surface area contributed by atoms with Crippen molar-refractivity contribution >= 4 is 47.9 Å². The van der Waals surface area contributed by atoms with Crippen molar-refractivity contribution in [3.05, 3.63) is 71.8 Å². The number of rotatable bonds is 9. The number of hydrogen-bond acceptors (Lipinski definition) is 7. The zero-order valence-corrected chi connectivity index (χ0v) is 22.6. The summed E-state index contributed by atoms with van der Waals surface area (Å²) in [6.07, 6.45) is 0.0963. The molecule has 1 heterocycles. The smallest absolute Gasteiger partial charge is 0.266 e. The molecule has 0 saturated carbocycles. The number of hydrogen-bond donors (Lipinski definition) is 2. The van der Waals surface area contributed by atoms with Gasteiger partial charge in [0.05, 0.1) is 41.2 Å². The number of pyridine rings is 1. The second-order valence-electron chi connectivity index (χ2n) is 8.68. The Morgan fingerprint density at radius 3 is 1.87 bits per heavy atom. The first-order valence-corrected chi connectivity index (χ1v) is 14.6. The molecule has 4 rings (SSSR count). The van der Waals surface area contributed by atoms with Crippen molar-refractivity contribution in [2.24, 2.45) is 0 Å². The van der Waals surface area contributed by atoms with Crippen LogP contribution in [0, 0.1) is 6.92 Å². The number of carbonyl (C=O) groups excluding carboxylic acids is 1. The first-order valence-electron chi connectivity index (χ1n) is 11.5. The number of sulfonamides is 1. The van der Waals surface area contributed by atoms with Crippen LogP contribution in [-0.4, -0.2) is 47.3 Å². The minimum Gasteiger partial charge on any atom is -0.497 e. The minimum atomic E-state index is -4.20. The van der Waals surface area contributed by atoms with E-state index in [0.717, 1.165) is 5.56 Å². The summed E-state index contributed by atoms with van der Waals surface area (Å²) < 4.78 is 72.8. The Morgan fingerprint density at radius 1 is 0.868 bits per heavy atom. The van der Waals surface area contributed by atoms with Crippen LogP contribution in [0.4, 0.5) is 0 Å². The zero-order chi connectivity index (χ0) is 27.7. The van der Waals surface area contributed by atoms with Crippen molar-refractivity contribution in [1.29, 1.82) is 0 Å². The third-order valence-electron chi connectivity index (χ3n) is 6.10. The van der Waals surface area contributed by atoms with Gasteiger partial charge in [-0.2, -0.15) is 13.0 Å². The molecule has 0 bridgehead atoms. The fourth-order valence-corrected chi connectivity index (χ4v) is 5.72. The number of methoxy groups -OCH3 is 2. The highest BCUT2D eigenvalue weighted by Gasteiger charge is 2.28. The van der Waals surface area contributed by atoms with Gasteiger partial charge in [0.25, 0.3) is 26.0 Å². The number of amides is 1. The first kappa shape index (κ1) is 27.3. The summed E-state index contributed by atoms with van der Waals surface area (Å²) in [6.45, 7) is 2.01. The molecule has 38 heavy (non-hydrogen) atoms. The molecule has 200 valence electrons. The number of aromatic nitrogens is 1. The molecule has 4 aromatic rings. The van der Waals surface area contributed by atoms with Crippen molar-refractivity contribution in [2.75, 3.05) is 20.0 Å². The van der Waals surface area contributed by atoms with Crippen LogP contribution >= 0.6 is 0 Å². The first-order chi connectivity index (χ1) is 17.9. The molecule has 0 aliphatic heterocycles. The second-order valence-corrected chi connectivity index (χ2v) is 11.9. The van der Waals surface area contributed by atoms with Gasteiger partial charge in [0.15, 0.2) is 6.54 Å². The number of fused-ring (bicyclic) bond motifs is 2. The lowest BCUT2D eigenvalue weighted by Crippen LogP contribution is -2.38. The van der Waals surface area contributed by atoms with Gasteiger partial charge in [-0.05, 0) is 43.3 Å². The Morgan fingerprint density at radius 2 is 1.39 bits per heavy atom. The summed E-state index contributed by atoms with van der Waals surface area (Å²) in [5.41, 5.74) is 2.02. The molecule has 0 fully saturated rings. The number of benzene rings is 3. The maximum absolute atomic E-state index is 13.7. The van der Waals surface area contributed by atoms with Crippen LogP contribution in [0.2, 0.25) is 0 Å². The van der Waals surface area contributed by atoms with Gasteiger partial charge in [-0.15, -0.1) is 0 Å². The van der Waals surface area contributed by atoms with Crippen molar-refractivity contribution < 1.29 is 40.2 Å². The topological polar surface area (TPSA) is 140 Å². The van der Waals surface area contributed by atoms with Crippen LogP contribution in [0.25, 0.3) is 21.8 Å². The van der Waals surface area contributed by atoms with Gasteiger partial charge in [-0.25, -0.2) is 13.1 Å². The highest BCUT2D eigenvalue weighted by Crippen LogP contribution is 2.31. The molecule has 2 N–H and O–H groups in total. The van der Waals surface area contributed by atoms with E-state index in [4.69, 9.17) is 9.47 Å². The average molecular weight is 560 g/mol. The number of nitrogens with one attached hydrogen (secondary N) is 1. The molecule has 0 spiro atoms. The van der Waals surface area contributed by atoms with Gasteiger partial charge in [0.2, 0.25) is 11.0 Å². The monoisotopic (exact) mass is 559 g/mol. The van der Waals surface area contributed by atoms with Crippen LogP contribution in [0.5, 0.6) is 11.5 Å². The van der Waals surface area contributed by atoms with E-state index in [9.17, 15) is 26.2 Å². The molecular weight excluding hydrogens is 532 g/mol. The Kier molecular flexibility index (Phi) is 7.58. The summed E-state index contributed by atoms with van der Waals surface area (Å²) >= 11 is 0. The average Bonchev–Trinajstić information content (AvgIpc) is 2.86. The Hall–Kier alpha value is -3.74. The van der Waals surface area contributed by atoms with Crippen molar-refractivity contribution in [2.45, 2.75) is 24.8 Å². The van der Waals surface area contributed by atoms with E-state index < -0.39 is 31.8 Å². The maximum Gasteiger partial charge on any atom is 0.266 e. The Balaban J connectivity index is 1.95. The predicted octanol–water partition coefficient (Wildman–Crippen LogP) is 3.00. The lowest BCUT2D eigenvalue weighted by atomic mass is 10.0. The molecule has 3 aromatic carbocycles. The number of carbonyl (C=O) groups is 1. The molecule has 0 atom stereocenters. The van der Waals surface area contributed by atoms with Gasteiger partial charge < -0.3 is 9.47 Å². The SMILES string of the molecule is COc1ccc2c(c1)c(C(=O)NS(=O)(=O)c1ccc(C)cc1)c1cc(OC)ccc1[n+]2CCCS(=O)(=O)O. The van der Waals surface area contributed by atoms with Gasteiger partial charge in [-0.3, -0.25) is 9.35 Å². The third kappa shape index (κ3) is 5.72. The Bertz CT molecular complexity index is 1690. The summed E-state index contributed by atoms with van der Waals surface area (Å²) in [5.74, 6) is -0.446. The molecule has 0 saturated heterocycles. The maximum atomic E-state index is 13.7. The van der Waals surface area contributed by atoms with Gasteiger partial charge >= 0.3 is 0 Å². The molecule has 1 aromatic heterocycles. The van der Waals surface area contributed by atoms with Crippen LogP contribution < -0.4 is 18.8 Å². The van der Waals surface area contributed by atoms with E-state index in [0.29, 0.717) is 33.3 Å². The molecule has 0 unspecified atom stereocenters. The summed E-state index contributed by atoms with van der Waals surface area (Å²) in [7, 11) is -5.44. The van der Waals surface area contributed by atoms with Crippen LogP contribution in [0.3, 0.4) is 0 Å². The molecular formula is C26H27N2O8S2+. The van der Waals surface area contributed by atoms with E-state index >= 15 is 0 Å². The molecule has 0 aliphatic rings. The summed E-state index contributed by atoms with van der Waals surface area (Å²) in [6, 6.07) is 16.1. The summed E-state index contributed by atoms with van der Waals surface area (Å²) in [4.78, 5) is 13.6. The quantitative estimate of drug-likeness (QED) is 0.181. The molecule has 0 radical (unpaired) electrons. The number of aryl methyl sites for hydroxylation is 2. The number of nitrogens with zero attached hydrogens (tertiary/aromatic N) is 1. The van der Waals surface area contributed by atoms with Gasteiger partial charge in [0.1, 0.15) is 11.5 Å². The highest BCUT2D eigenvalue weighted by molar-refractivity contribution is 7.90. The van der Waals surface area contributed by atoms with Crippen molar-refractivity contribution in [1.82, 2.24) is 4.72 Å². The largest absolute Gasteiger partial charge is 0.497 e. The van der Waals surface area contributed by atoms with E-state index in [-0.39, 0.29) is 23.4 Å². The van der Waals surface area contributed by atoms with Crippen LogP contribution in [0.1, 0.15) is 22.3 Å². The fourth-order valence-electron chi connectivity index (χ4n) is 4.27. The lowest BCUT2D eigenvalue weighted by molar-refractivity contribution is -0.645. The van der Waals surface area contributed by atoms with E-state index in [1.807, 2.05) is 6.92 Å². The van der Waals surface area contributed by atoms with Crippen molar-refractivity contribution in [3.8, 4) is 11.5 Å². The fraction of sp³-hybridized carbons (Fsp3) is 0.231. The van der Waals surface area contributed by atoms with E-state index in [1.165, 1.54) is 26.4 Å².